The molecule has 0 radical (unpaired) electrons. The Morgan fingerprint density at radius 2 is 1.95 bits per heavy atom. The van der Waals surface area contributed by atoms with E-state index in [4.69, 9.17) is 0 Å². The van der Waals surface area contributed by atoms with Crippen molar-refractivity contribution in [2.24, 2.45) is 5.92 Å². The molecule has 1 aliphatic heterocycles. The van der Waals surface area contributed by atoms with Crippen LogP contribution in [0.1, 0.15) is 48.9 Å². The predicted molar refractivity (Wildman–Crippen MR) is 81.9 cm³/mol. The summed E-state index contributed by atoms with van der Waals surface area (Å²) in [5.74, 6) is 0.882. The molecule has 1 saturated heterocycles. The van der Waals surface area contributed by atoms with Gasteiger partial charge in [0.25, 0.3) is 0 Å². The quantitative estimate of drug-likeness (QED) is 0.751. The van der Waals surface area contributed by atoms with E-state index >= 15 is 0 Å². The lowest BCUT2D eigenvalue weighted by atomic mass is 9.78. The van der Waals surface area contributed by atoms with Crippen LogP contribution < -0.4 is 4.90 Å². The van der Waals surface area contributed by atoms with Crippen molar-refractivity contribution in [1.82, 2.24) is 0 Å². The average Bonchev–Trinajstić information content (AvgIpc) is 2.46. The molecular weight excluding hydrogens is 302 g/mol. The highest BCUT2D eigenvalue weighted by Gasteiger charge is 2.33. The van der Waals surface area contributed by atoms with Crippen LogP contribution >= 0.6 is 15.9 Å². The average molecular weight is 322 g/mol. The molecule has 2 fully saturated rings. The summed E-state index contributed by atoms with van der Waals surface area (Å²) in [4.78, 5) is 13.5. The Morgan fingerprint density at radius 1 is 1.16 bits per heavy atom. The number of halogens is 1. The molecule has 0 N–H and O–H groups in total. The molecule has 1 aliphatic carbocycles. The second-order valence-corrected chi connectivity index (χ2v) is 6.63. The van der Waals surface area contributed by atoms with E-state index in [-0.39, 0.29) is 0 Å². The van der Waals surface area contributed by atoms with Crippen LogP contribution in [0, 0.1) is 5.92 Å². The van der Waals surface area contributed by atoms with Crippen molar-refractivity contribution < 1.29 is 4.79 Å². The van der Waals surface area contributed by atoms with Gasteiger partial charge in [-0.3, -0.25) is 4.79 Å². The van der Waals surface area contributed by atoms with Crippen LogP contribution in [0.25, 0.3) is 0 Å². The van der Waals surface area contributed by atoms with Crippen LogP contribution in [0.5, 0.6) is 0 Å². The fourth-order valence-corrected chi connectivity index (χ4v) is 4.20. The normalized spacial score (nSPS) is 26.9. The van der Waals surface area contributed by atoms with Gasteiger partial charge < -0.3 is 4.90 Å². The summed E-state index contributed by atoms with van der Waals surface area (Å²) in [6, 6.07) is 6.86. The van der Waals surface area contributed by atoms with Gasteiger partial charge in [0.2, 0.25) is 0 Å². The number of carbonyl (C=O) groups is 1. The van der Waals surface area contributed by atoms with Crippen LogP contribution in [-0.2, 0) is 0 Å². The van der Waals surface area contributed by atoms with Gasteiger partial charge in [0, 0.05) is 28.3 Å². The standard InChI is InChI=1S/C16H20BrNO/c17-15-10-14(8-7-13(15)11-19)18-9-3-5-12-4-1-2-6-16(12)18/h7-8,10-12,16H,1-6,9H2. The topological polar surface area (TPSA) is 20.3 Å². The predicted octanol–water partition coefficient (Wildman–Crippen LogP) is 4.42. The van der Waals surface area contributed by atoms with Crippen molar-refractivity contribution in [1.29, 1.82) is 0 Å². The Balaban J connectivity index is 1.87. The third-order valence-electron chi connectivity index (χ3n) is 4.69. The Labute approximate surface area is 123 Å². The monoisotopic (exact) mass is 321 g/mol. The first-order chi connectivity index (χ1) is 9.29. The van der Waals surface area contributed by atoms with Gasteiger partial charge in [-0.05, 0) is 65.7 Å². The summed E-state index contributed by atoms with van der Waals surface area (Å²) < 4.78 is 0.915. The number of hydrogen-bond donors (Lipinski definition) is 0. The Kier molecular flexibility index (Phi) is 3.92. The Morgan fingerprint density at radius 3 is 2.74 bits per heavy atom. The summed E-state index contributed by atoms with van der Waals surface area (Å²) in [5, 5.41) is 0. The lowest BCUT2D eigenvalue weighted by Crippen LogP contribution is -2.46. The van der Waals surface area contributed by atoms with Crippen LogP contribution in [-0.4, -0.2) is 18.9 Å². The molecule has 3 rings (SSSR count). The molecule has 1 aromatic rings. The van der Waals surface area contributed by atoms with E-state index in [1.165, 1.54) is 44.2 Å². The van der Waals surface area contributed by atoms with Crippen molar-refractivity contribution in [2.75, 3.05) is 11.4 Å². The number of benzene rings is 1. The van der Waals surface area contributed by atoms with E-state index in [1.54, 1.807) is 0 Å². The molecule has 102 valence electrons. The minimum Gasteiger partial charge on any atom is -0.368 e. The highest BCUT2D eigenvalue weighted by atomic mass is 79.9. The molecule has 19 heavy (non-hydrogen) atoms. The van der Waals surface area contributed by atoms with E-state index in [1.807, 2.05) is 6.07 Å². The molecule has 0 bridgehead atoms. The number of piperidine rings is 1. The molecule has 0 amide bonds. The van der Waals surface area contributed by atoms with E-state index < -0.39 is 0 Å². The molecule has 2 aliphatic rings. The molecule has 2 unspecified atom stereocenters. The second-order valence-electron chi connectivity index (χ2n) is 5.77. The summed E-state index contributed by atoms with van der Waals surface area (Å²) >= 11 is 3.50. The minimum absolute atomic E-state index is 0.719. The number of anilines is 1. The lowest BCUT2D eigenvalue weighted by Gasteiger charge is -2.45. The van der Waals surface area contributed by atoms with Gasteiger partial charge in [-0.2, -0.15) is 0 Å². The van der Waals surface area contributed by atoms with Gasteiger partial charge in [-0.25, -0.2) is 0 Å². The fourth-order valence-electron chi connectivity index (χ4n) is 3.74. The Hall–Kier alpha value is -0.830. The van der Waals surface area contributed by atoms with E-state index in [0.29, 0.717) is 0 Å². The van der Waals surface area contributed by atoms with Crippen LogP contribution in [0.15, 0.2) is 22.7 Å². The molecule has 3 heteroatoms. The molecular formula is C16H20BrNO. The van der Waals surface area contributed by atoms with Gasteiger partial charge in [0.1, 0.15) is 0 Å². The summed E-state index contributed by atoms with van der Waals surface area (Å²) in [7, 11) is 0. The molecule has 2 nitrogen and oxygen atoms in total. The smallest absolute Gasteiger partial charge is 0.151 e. The van der Waals surface area contributed by atoms with Crippen molar-refractivity contribution in [3.8, 4) is 0 Å². The van der Waals surface area contributed by atoms with Gasteiger partial charge in [-0.15, -0.1) is 0 Å². The summed E-state index contributed by atoms with van der Waals surface area (Å²) in [6.07, 6.45) is 9.11. The van der Waals surface area contributed by atoms with Crippen molar-refractivity contribution >= 4 is 27.9 Å². The molecule has 1 saturated carbocycles. The molecule has 2 atom stereocenters. The SMILES string of the molecule is O=Cc1ccc(N2CCCC3CCCCC32)cc1Br. The van der Waals surface area contributed by atoms with E-state index in [2.05, 4.69) is 33.0 Å². The number of aldehydes is 1. The highest BCUT2D eigenvalue weighted by molar-refractivity contribution is 9.10. The Bertz CT molecular complexity index is 472. The first-order valence-electron chi connectivity index (χ1n) is 7.31. The molecule has 0 aromatic heterocycles. The molecule has 1 aromatic carbocycles. The molecule has 0 spiro atoms. The van der Waals surface area contributed by atoms with Crippen LogP contribution in [0.3, 0.4) is 0 Å². The van der Waals surface area contributed by atoms with Gasteiger partial charge >= 0.3 is 0 Å². The third kappa shape index (κ3) is 2.58. The zero-order valence-electron chi connectivity index (χ0n) is 11.1. The number of hydrogen-bond acceptors (Lipinski definition) is 2. The largest absolute Gasteiger partial charge is 0.368 e. The zero-order chi connectivity index (χ0) is 13.2. The van der Waals surface area contributed by atoms with Crippen LogP contribution in [0.2, 0.25) is 0 Å². The fraction of sp³-hybridized carbons (Fsp3) is 0.562. The first-order valence-corrected chi connectivity index (χ1v) is 8.10. The van der Waals surface area contributed by atoms with Crippen molar-refractivity contribution in [3.63, 3.8) is 0 Å². The van der Waals surface area contributed by atoms with Crippen LogP contribution in [0.4, 0.5) is 5.69 Å². The van der Waals surface area contributed by atoms with Gasteiger partial charge in [0.15, 0.2) is 6.29 Å². The van der Waals surface area contributed by atoms with Crippen molar-refractivity contribution in [2.45, 2.75) is 44.6 Å². The van der Waals surface area contributed by atoms with Crippen molar-refractivity contribution in [3.05, 3.63) is 28.2 Å². The second kappa shape index (κ2) is 5.66. The van der Waals surface area contributed by atoms with Gasteiger partial charge in [0.05, 0.1) is 0 Å². The third-order valence-corrected chi connectivity index (χ3v) is 5.37. The minimum atomic E-state index is 0.719. The number of rotatable bonds is 2. The number of carbonyl (C=O) groups excluding carboxylic acids is 1. The maximum Gasteiger partial charge on any atom is 0.151 e. The van der Waals surface area contributed by atoms with E-state index in [9.17, 15) is 4.79 Å². The highest BCUT2D eigenvalue weighted by Crippen LogP contribution is 2.38. The summed E-state index contributed by atoms with van der Waals surface area (Å²) in [5.41, 5.74) is 2.01. The lowest BCUT2D eigenvalue weighted by molar-refractivity contribution is 0.112. The number of fused-ring (bicyclic) bond motifs is 1. The maximum atomic E-state index is 10.9. The molecule has 1 heterocycles. The summed E-state index contributed by atoms with van der Waals surface area (Å²) in [6.45, 7) is 1.16. The first kappa shape index (κ1) is 13.2. The van der Waals surface area contributed by atoms with E-state index in [0.717, 1.165) is 34.8 Å². The zero-order valence-corrected chi connectivity index (χ0v) is 12.7. The van der Waals surface area contributed by atoms with Gasteiger partial charge in [-0.1, -0.05) is 12.8 Å². The maximum absolute atomic E-state index is 10.9. The number of nitrogens with zero attached hydrogens (tertiary/aromatic N) is 1.